The highest BCUT2D eigenvalue weighted by Gasteiger charge is 2.68. The van der Waals surface area contributed by atoms with Crippen LogP contribution in [0.5, 0.6) is 0 Å². The Hall–Kier alpha value is -3.17. The lowest BCUT2D eigenvalue weighted by Gasteiger charge is -2.64. The van der Waals surface area contributed by atoms with Crippen molar-refractivity contribution in [3.63, 3.8) is 0 Å². The minimum absolute atomic E-state index is 0.0411. The van der Waals surface area contributed by atoms with Gasteiger partial charge in [-0.15, -0.1) is 0 Å². The van der Waals surface area contributed by atoms with E-state index in [1.165, 1.54) is 6.42 Å². The molecule has 6 atom stereocenters. The number of hydrogen-bond donors (Lipinski definition) is 2. The van der Waals surface area contributed by atoms with Gasteiger partial charge in [-0.05, 0) is 61.1 Å². The fraction of sp³-hybridized carbons (Fsp3) is 0.531. The molecule has 7 rings (SSSR count). The largest absolute Gasteiger partial charge is 0.481 e. The first-order chi connectivity index (χ1) is 19.6. The summed E-state index contributed by atoms with van der Waals surface area (Å²) in [6.07, 6.45) is 3.48. The van der Waals surface area contributed by atoms with Crippen LogP contribution in [-0.2, 0) is 25.4 Å². The molecular weight excluding hydrogens is 517 g/mol. The molecule has 2 heterocycles. The number of carbonyl (C=O) groups excluding carboxylic acids is 2. The molecule has 2 aromatic carbocycles. The second-order valence-corrected chi connectivity index (χ2v) is 13.0. The van der Waals surface area contributed by atoms with Crippen LogP contribution in [0.1, 0.15) is 69.3 Å². The van der Waals surface area contributed by atoms with Crippen LogP contribution in [0.3, 0.4) is 0 Å². The standard InChI is InChI=1S/C32H40BN3O5/c1-5-27(33-39-26-17-23-16-25(30(23,2)3)31(26,4)40-33)35-29(38)32(18-21-12-8-6-9-13-21)19-24(36-41-32)20-34-28(37)22-14-10-7-11-15-22/h6-15,23,25-27H,5,16-20H2,1-4H3,(H,34,37)(H,35,38)/t23-,25-,26+,27-,31-,32?/m0/s1. The average molecular weight is 558 g/mol. The van der Waals surface area contributed by atoms with E-state index in [1.807, 2.05) is 55.5 Å². The van der Waals surface area contributed by atoms with Crippen LogP contribution in [0.15, 0.2) is 65.8 Å². The van der Waals surface area contributed by atoms with Crippen LogP contribution >= 0.6 is 0 Å². The van der Waals surface area contributed by atoms with Crippen LogP contribution in [0, 0.1) is 17.3 Å². The van der Waals surface area contributed by atoms with E-state index in [9.17, 15) is 9.59 Å². The third-order valence-electron chi connectivity index (χ3n) is 10.1. The lowest BCUT2D eigenvalue weighted by molar-refractivity contribution is -0.199. The van der Waals surface area contributed by atoms with Crippen molar-refractivity contribution in [1.29, 1.82) is 0 Å². The summed E-state index contributed by atoms with van der Waals surface area (Å²) in [5, 5.41) is 10.4. The molecule has 4 fully saturated rings. The molecular formula is C32H40BN3O5. The van der Waals surface area contributed by atoms with Gasteiger partial charge in [0.15, 0.2) is 0 Å². The molecule has 3 saturated carbocycles. The molecule has 2 bridgehead atoms. The smallest absolute Gasteiger partial charge is 0.404 e. The Morgan fingerprint density at radius 2 is 1.76 bits per heavy atom. The molecule has 0 aromatic heterocycles. The first-order valence-electron chi connectivity index (χ1n) is 14.9. The zero-order chi connectivity index (χ0) is 28.8. The molecule has 5 aliphatic rings. The Labute approximate surface area is 242 Å². The van der Waals surface area contributed by atoms with Gasteiger partial charge < -0.3 is 24.8 Å². The molecule has 1 saturated heterocycles. The highest BCUT2D eigenvalue weighted by Crippen LogP contribution is 2.65. The van der Waals surface area contributed by atoms with Crippen LogP contribution in [0.2, 0.25) is 0 Å². The van der Waals surface area contributed by atoms with Crippen molar-refractivity contribution in [2.24, 2.45) is 22.4 Å². The van der Waals surface area contributed by atoms with Crippen molar-refractivity contribution < 1.29 is 23.7 Å². The van der Waals surface area contributed by atoms with Crippen LogP contribution < -0.4 is 10.6 Å². The predicted octanol–water partition coefficient (Wildman–Crippen LogP) is 4.34. The molecule has 9 heteroatoms. The van der Waals surface area contributed by atoms with Gasteiger partial charge in [0.25, 0.3) is 11.8 Å². The number of rotatable bonds is 9. The summed E-state index contributed by atoms with van der Waals surface area (Å²) in [5.74, 6) is 0.320. The summed E-state index contributed by atoms with van der Waals surface area (Å²) in [5.41, 5.74) is 0.810. The Bertz CT molecular complexity index is 1320. The summed E-state index contributed by atoms with van der Waals surface area (Å²) >= 11 is 0. The lowest BCUT2D eigenvalue weighted by Crippen LogP contribution is -2.65. The predicted molar refractivity (Wildman–Crippen MR) is 157 cm³/mol. The van der Waals surface area contributed by atoms with Gasteiger partial charge in [-0.3, -0.25) is 9.59 Å². The van der Waals surface area contributed by atoms with Crippen molar-refractivity contribution in [2.75, 3.05) is 6.54 Å². The molecule has 41 heavy (non-hydrogen) atoms. The van der Waals surface area contributed by atoms with E-state index >= 15 is 0 Å². The fourth-order valence-electron chi connectivity index (χ4n) is 7.47. The number of oxime groups is 1. The quantitative estimate of drug-likeness (QED) is 0.448. The number of amides is 2. The third kappa shape index (κ3) is 4.97. The maximum atomic E-state index is 14.1. The van der Waals surface area contributed by atoms with Crippen molar-refractivity contribution in [3.8, 4) is 0 Å². The van der Waals surface area contributed by atoms with Gasteiger partial charge in [-0.1, -0.05) is 74.5 Å². The first-order valence-corrected chi connectivity index (χ1v) is 14.9. The summed E-state index contributed by atoms with van der Waals surface area (Å²) in [4.78, 5) is 32.6. The SMILES string of the molecule is CC[C@H](NC(=O)C1(Cc2ccccc2)CC(CNC(=O)c2ccccc2)=NO1)B1O[C@@H]2C[C@@H]3C[C@@H](C3(C)C)[C@]2(C)O1. The number of nitrogens with one attached hydrogen (secondary N) is 2. The molecule has 1 unspecified atom stereocenters. The maximum absolute atomic E-state index is 14.1. The van der Waals surface area contributed by atoms with Crippen molar-refractivity contribution in [1.82, 2.24) is 10.6 Å². The summed E-state index contributed by atoms with van der Waals surface area (Å²) < 4.78 is 13.2. The monoisotopic (exact) mass is 557 g/mol. The van der Waals surface area contributed by atoms with Gasteiger partial charge in [0.05, 0.1) is 29.9 Å². The van der Waals surface area contributed by atoms with Gasteiger partial charge in [0.2, 0.25) is 5.60 Å². The molecule has 216 valence electrons. The highest BCUT2D eigenvalue weighted by molar-refractivity contribution is 6.48. The van der Waals surface area contributed by atoms with E-state index in [0.717, 1.165) is 12.0 Å². The summed E-state index contributed by atoms with van der Waals surface area (Å²) in [6.45, 7) is 9.10. The van der Waals surface area contributed by atoms with Gasteiger partial charge in [0.1, 0.15) is 0 Å². The molecule has 2 aromatic rings. The van der Waals surface area contributed by atoms with Gasteiger partial charge >= 0.3 is 7.12 Å². The minimum Gasteiger partial charge on any atom is -0.404 e. The topological polar surface area (TPSA) is 98.3 Å². The number of carbonyl (C=O) groups is 2. The minimum atomic E-state index is -1.24. The van der Waals surface area contributed by atoms with Gasteiger partial charge in [-0.25, -0.2) is 0 Å². The Morgan fingerprint density at radius 1 is 1.05 bits per heavy atom. The van der Waals surface area contributed by atoms with Crippen LogP contribution in [-0.4, -0.2) is 54.4 Å². The molecule has 2 amide bonds. The first kappa shape index (κ1) is 28.0. The van der Waals surface area contributed by atoms with Crippen LogP contribution in [0.4, 0.5) is 0 Å². The van der Waals surface area contributed by atoms with Crippen molar-refractivity contribution >= 4 is 24.6 Å². The summed E-state index contributed by atoms with van der Waals surface area (Å²) in [6, 6.07) is 18.8. The van der Waals surface area contributed by atoms with E-state index in [4.69, 9.17) is 14.1 Å². The van der Waals surface area contributed by atoms with Crippen molar-refractivity contribution in [2.45, 2.75) is 83.0 Å². The Morgan fingerprint density at radius 3 is 2.44 bits per heavy atom. The van der Waals surface area contributed by atoms with E-state index in [-0.39, 0.29) is 47.8 Å². The van der Waals surface area contributed by atoms with E-state index in [2.05, 4.69) is 36.6 Å². The Kier molecular flexibility index (Phi) is 7.23. The Balaban J connectivity index is 1.15. The summed E-state index contributed by atoms with van der Waals surface area (Å²) in [7, 11) is -0.519. The van der Waals surface area contributed by atoms with E-state index < -0.39 is 12.7 Å². The second kappa shape index (κ2) is 10.6. The number of nitrogens with zero attached hydrogens (tertiary/aromatic N) is 1. The maximum Gasteiger partial charge on any atom is 0.481 e. The van der Waals surface area contributed by atoms with Gasteiger partial charge in [0, 0.05) is 18.4 Å². The molecule has 8 nitrogen and oxygen atoms in total. The zero-order valence-corrected chi connectivity index (χ0v) is 24.4. The zero-order valence-electron chi connectivity index (χ0n) is 24.4. The second-order valence-electron chi connectivity index (χ2n) is 13.0. The third-order valence-corrected chi connectivity index (χ3v) is 10.1. The van der Waals surface area contributed by atoms with Gasteiger partial charge in [-0.2, -0.15) is 0 Å². The number of benzene rings is 2. The highest BCUT2D eigenvalue weighted by atomic mass is 16.7. The van der Waals surface area contributed by atoms with E-state index in [1.54, 1.807) is 12.1 Å². The van der Waals surface area contributed by atoms with Crippen LogP contribution in [0.25, 0.3) is 0 Å². The molecule has 2 N–H and O–H groups in total. The average Bonchev–Trinajstić information content (AvgIpc) is 3.56. The molecule has 0 radical (unpaired) electrons. The normalized spacial score (nSPS) is 31.8. The fourth-order valence-corrected chi connectivity index (χ4v) is 7.47. The lowest BCUT2D eigenvalue weighted by atomic mass is 9.43. The molecule has 3 aliphatic carbocycles. The number of hydrogen-bond acceptors (Lipinski definition) is 6. The molecule has 2 aliphatic heterocycles. The van der Waals surface area contributed by atoms with Crippen molar-refractivity contribution in [3.05, 3.63) is 71.8 Å². The van der Waals surface area contributed by atoms with E-state index in [0.29, 0.717) is 36.0 Å². The molecule has 0 spiro atoms.